The molecule has 62 valence electrons. The van der Waals surface area contributed by atoms with Gasteiger partial charge in [0.15, 0.2) is 5.13 Å². The average molecular weight is 180 g/mol. The molecule has 0 atom stereocenters. The van der Waals surface area contributed by atoms with Crippen molar-refractivity contribution in [3.05, 3.63) is 12.1 Å². The Balaban J connectivity index is 2.93. The number of nitrogen functional groups attached to an aromatic ring is 3. The highest BCUT2D eigenvalue weighted by Gasteiger charge is 2.06. The lowest BCUT2D eigenvalue weighted by Gasteiger charge is -1.96. The third-order valence-electron chi connectivity index (χ3n) is 1.62. The number of hydrogen-bond acceptors (Lipinski definition) is 5. The molecule has 2 rings (SSSR count). The summed E-state index contributed by atoms with van der Waals surface area (Å²) in [6.07, 6.45) is 0. The van der Waals surface area contributed by atoms with Gasteiger partial charge in [-0.3, -0.25) is 0 Å². The Bertz CT molecular complexity index is 395. The van der Waals surface area contributed by atoms with Crippen molar-refractivity contribution in [2.24, 2.45) is 0 Å². The van der Waals surface area contributed by atoms with Crippen LogP contribution in [0, 0.1) is 0 Å². The zero-order chi connectivity index (χ0) is 8.72. The third kappa shape index (κ3) is 0.868. The van der Waals surface area contributed by atoms with Crippen LogP contribution in [-0.4, -0.2) is 4.98 Å². The lowest BCUT2D eigenvalue weighted by molar-refractivity contribution is 1.49. The Labute approximate surface area is 73.0 Å². The van der Waals surface area contributed by atoms with Gasteiger partial charge in [-0.2, -0.15) is 0 Å². The number of nitrogens with two attached hydrogens (primary N) is 3. The molecule has 5 heteroatoms. The van der Waals surface area contributed by atoms with E-state index >= 15 is 0 Å². The minimum Gasteiger partial charge on any atom is -0.398 e. The molecule has 1 heterocycles. The monoisotopic (exact) mass is 180 g/mol. The van der Waals surface area contributed by atoms with Gasteiger partial charge in [0.25, 0.3) is 0 Å². The van der Waals surface area contributed by atoms with Gasteiger partial charge in [-0.25, -0.2) is 4.98 Å². The van der Waals surface area contributed by atoms with Crippen LogP contribution < -0.4 is 17.2 Å². The average Bonchev–Trinajstić information content (AvgIpc) is 2.41. The molecule has 1 aromatic heterocycles. The zero-order valence-electron chi connectivity index (χ0n) is 6.24. The fourth-order valence-corrected chi connectivity index (χ4v) is 1.85. The maximum atomic E-state index is 5.70. The van der Waals surface area contributed by atoms with Gasteiger partial charge >= 0.3 is 0 Å². The van der Waals surface area contributed by atoms with Gasteiger partial charge in [-0.1, -0.05) is 11.3 Å². The van der Waals surface area contributed by atoms with Gasteiger partial charge in [0, 0.05) is 0 Å². The van der Waals surface area contributed by atoms with E-state index in [1.165, 1.54) is 11.3 Å². The van der Waals surface area contributed by atoms with Crippen LogP contribution in [0.5, 0.6) is 0 Å². The first-order chi connectivity index (χ1) is 5.68. The Kier molecular flexibility index (Phi) is 1.34. The van der Waals surface area contributed by atoms with E-state index in [1.54, 1.807) is 12.1 Å². The molecule has 0 saturated carbocycles. The second-order valence-corrected chi connectivity index (χ2v) is 3.50. The summed E-state index contributed by atoms with van der Waals surface area (Å²) in [4.78, 5) is 4.06. The number of hydrogen-bond donors (Lipinski definition) is 3. The predicted octanol–water partition coefficient (Wildman–Crippen LogP) is 1.04. The highest BCUT2D eigenvalue weighted by Crippen LogP contribution is 2.32. The first-order valence-electron chi connectivity index (χ1n) is 3.38. The largest absolute Gasteiger partial charge is 0.398 e. The Morgan fingerprint density at radius 2 is 1.75 bits per heavy atom. The van der Waals surface area contributed by atoms with E-state index in [1.807, 2.05) is 0 Å². The minimum absolute atomic E-state index is 0.495. The number of rotatable bonds is 0. The van der Waals surface area contributed by atoms with E-state index in [-0.39, 0.29) is 0 Å². The lowest BCUT2D eigenvalue weighted by Crippen LogP contribution is -1.90. The molecule has 12 heavy (non-hydrogen) atoms. The molecule has 0 aliphatic carbocycles. The standard InChI is InChI=1S/C7H8N4S/c8-3-1-2-4(9)6-5(3)11-7(10)12-6/h1-2H,8-9H2,(H2,10,11). The molecule has 2 aromatic rings. The van der Waals surface area contributed by atoms with Crippen LogP contribution in [0.1, 0.15) is 0 Å². The van der Waals surface area contributed by atoms with Crippen molar-refractivity contribution in [3.8, 4) is 0 Å². The summed E-state index contributed by atoms with van der Waals surface area (Å²) in [5.74, 6) is 0. The van der Waals surface area contributed by atoms with Crippen molar-refractivity contribution in [2.45, 2.75) is 0 Å². The van der Waals surface area contributed by atoms with Crippen molar-refractivity contribution in [1.29, 1.82) is 0 Å². The van der Waals surface area contributed by atoms with E-state index in [2.05, 4.69) is 4.98 Å². The van der Waals surface area contributed by atoms with Crippen molar-refractivity contribution in [3.63, 3.8) is 0 Å². The van der Waals surface area contributed by atoms with Crippen LogP contribution in [0.25, 0.3) is 10.2 Å². The van der Waals surface area contributed by atoms with Gasteiger partial charge in [-0.15, -0.1) is 0 Å². The predicted molar refractivity (Wildman–Crippen MR) is 52.9 cm³/mol. The molecule has 6 N–H and O–H groups in total. The zero-order valence-corrected chi connectivity index (χ0v) is 7.06. The summed E-state index contributed by atoms with van der Waals surface area (Å²) in [7, 11) is 0. The second-order valence-electron chi connectivity index (χ2n) is 2.47. The van der Waals surface area contributed by atoms with Crippen LogP contribution in [0.2, 0.25) is 0 Å². The number of thiazole rings is 1. The molecule has 0 fully saturated rings. The molecule has 0 bridgehead atoms. The molecular weight excluding hydrogens is 172 g/mol. The summed E-state index contributed by atoms with van der Waals surface area (Å²) >= 11 is 1.35. The van der Waals surface area contributed by atoms with Crippen molar-refractivity contribution in [2.75, 3.05) is 17.2 Å². The van der Waals surface area contributed by atoms with Gasteiger partial charge in [0.2, 0.25) is 0 Å². The first-order valence-corrected chi connectivity index (χ1v) is 4.20. The first kappa shape index (κ1) is 7.17. The van der Waals surface area contributed by atoms with E-state index in [9.17, 15) is 0 Å². The summed E-state index contributed by atoms with van der Waals surface area (Å²) in [5, 5.41) is 0.495. The molecule has 0 amide bonds. The number of anilines is 3. The quantitative estimate of drug-likeness (QED) is 0.528. The Hall–Kier alpha value is -1.49. The summed E-state index contributed by atoms with van der Waals surface area (Å²) < 4.78 is 0.868. The van der Waals surface area contributed by atoms with E-state index in [0.29, 0.717) is 22.0 Å². The third-order valence-corrected chi connectivity index (χ3v) is 2.56. The smallest absolute Gasteiger partial charge is 0.181 e. The molecule has 0 unspecified atom stereocenters. The second kappa shape index (κ2) is 2.25. The topological polar surface area (TPSA) is 90.9 Å². The van der Waals surface area contributed by atoms with E-state index < -0.39 is 0 Å². The van der Waals surface area contributed by atoms with Crippen LogP contribution in [-0.2, 0) is 0 Å². The van der Waals surface area contributed by atoms with Crippen molar-refractivity contribution >= 4 is 38.1 Å². The highest BCUT2D eigenvalue weighted by atomic mass is 32.1. The maximum absolute atomic E-state index is 5.70. The van der Waals surface area contributed by atoms with Gasteiger partial charge in [-0.05, 0) is 12.1 Å². The van der Waals surface area contributed by atoms with Crippen LogP contribution in [0.3, 0.4) is 0 Å². The number of aromatic nitrogens is 1. The molecule has 0 radical (unpaired) electrons. The number of fused-ring (bicyclic) bond motifs is 1. The fraction of sp³-hybridized carbons (Fsp3) is 0. The van der Waals surface area contributed by atoms with Gasteiger partial charge < -0.3 is 17.2 Å². The fourth-order valence-electron chi connectivity index (χ4n) is 1.06. The SMILES string of the molecule is Nc1nc2c(N)ccc(N)c2s1. The Morgan fingerprint density at radius 1 is 1.08 bits per heavy atom. The molecular formula is C7H8N4S. The number of benzene rings is 1. The van der Waals surface area contributed by atoms with Crippen LogP contribution in [0.4, 0.5) is 16.5 Å². The Morgan fingerprint density at radius 3 is 2.42 bits per heavy atom. The van der Waals surface area contributed by atoms with Gasteiger partial charge in [0.1, 0.15) is 5.52 Å². The summed E-state index contributed by atoms with van der Waals surface area (Å²) in [6.45, 7) is 0. The molecule has 0 saturated heterocycles. The van der Waals surface area contributed by atoms with E-state index in [4.69, 9.17) is 17.2 Å². The lowest BCUT2D eigenvalue weighted by atomic mass is 10.2. The summed E-state index contributed by atoms with van der Waals surface area (Å²) in [5.41, 5.74) is 18.9. The number of nitrogens with zero attached hydrogens (tertiary/aromatic N) is 1. The molecule has 4 nitrogen and oxygen atoms in total. The van der Waals surface area contributed by atoms with Crippen molar-refractivity contribution < 1.29 is 0 Å². The van der Waals surface area contributed by atoms with E-state index in [0.717, 1.165) is 4.70 Å². The maximum Gasteiger partial charge on any atom is 0.181 e. The summed E-state index contributed by atoms with van der Waals surface area (Å²) in [6, 6.07) is 3.49. The molecule has 0 aliphatic heterocycles. The highest BCUT2D eigenvalue weighted by molar-refractivity contribution is 7.22. The molecule has 0 spiro atoms. The molecule has 0 aliphatic rings. The van der Waals surface area contributed by atoms with Crippen LogP contribution in [0.15, 0.2) is 12.1 Å². The van der Waals surface area contributed by atoms with Crippen molar-refractivity contribution in [1.82, 2.24) is 4.98 Å². The minimum atomic E-state index is 0.495. The molecule has 1 aromatic carbocycles. The van der Waals surface area contributed by atoms with Gasteiger partial charge in [0.05, 0.1) is 16.1 Å². The normalized spacial score (nSPS) is 10.7. The van der Waals surface area contributed by atoms with Crippen LogP contribution >= 0.6 is 11.3 Å².